The zero-order valence-electron chi connectivity index (χ0n) is 10.9. The summed E-state index contributed by atoms with van der Waals surface area (Å²) in [6.07, 6.45) is 4.02. The van der Waals surface area contributed by atoms with Crippen LogP contribution in [0.5, 0.6) is 0 Å². The normalized spacial score (nSPS) is 14.6. The van der Waals surface area contributed by atoms with E-state index in [0.29, 0.717) is 6.16 Å². The van der Waals surface area contributed by atoms with Crippen LogP contribution >= 0.6 is 8.20 Å². The predicted molar refractivity (Wildman–Crippen MR) is 72.6 cm³/mol. The minimum Gasteiger partial charge on any atom is -0.465 e. The third-order valence-corrected chi connectivity index (χ3v) is 5.41. The van der Waals surface area contributed by atoms with Crippen LogP contribution in [0, 0.1) is 5.41 Å². The van der Waals surface area contributed by atoms with Crippen molar-refractivity contribution in [1.82, 2.24) is 0 Å². The summed E-state index contributed by atoms with van der Waals surface area (Å²) in [6.45, 7) is 7.05. The third kappa shape index (κ3) is 5.17. The molecule has 0 saturated carbocycles. The number of esters is 1. The third-order valence-electron chi connectivity index (χ3n) is 2.18. The van der Waals surface area contributed by atoms with E-state index in [4.69, 9.17) is 4.74 Å². The van der Waals surface area contributed by atoms with E-state index >= 15 is 0 Å². The minimum absolute atomic E-state index is 0.0290. The highest BCUT2D eigenvalue weighted by atomic mass is 32.2. The van der Waals surface area contributed by atoms with Gasteiger partial charge in [-0.2, -0.15) is 0 Å². The highest BCUT2D eigenvalue weighted by Gasteiger charge is 2.42. The lowest BCUT2D eigenvalue weighted by Crippen LogP contribution is -2.43. The lowest BCUT2D eigenvalue weighted by atomic mass is 9.92. The Bertz CT molecular complexity index is 367. The number of carbonyl (C=O) groups excluding carboxylic acids is 1. The second-order valence-corrected chi connectivity index (χ2v) is 7.91. The summed E-state index contributed by atoms with van der Waals surface area (Å²) >= 11 is 0. The summed E-state index contributed by atoms with van der Waals surface area (Å²) in [6, 6.07) is 0. The quantitative estimate of drug-likeness (QED) is 0.549. The van der Waals surface area contributed by atoms with E-state index in [-0.39, 0.29) is 12.4 Å². The fourth-order valence-electron chi connectivity index (χ4n) is 1.57. The molecule has 4 nitrogen and oxygen atoms in total. The molecule has 0 saturated heterocycles. The molecule has 0 aromatic carbocycles. The molecular weight excluding hydrogens is 259 g/mol. The molecule has 0 aliphatic carbocycles. The van der Waals surface area contributed by atoms with Crippen LogP contribution in [0.15, 0.2) is 0 Å². The van der Waals surface area contributed by atoms with Gasteiger partial charge in [-0.15, -0.1) is 8.20 Å². The molecule has 0 spiro atoms. The van der Waals surface area contributed by atoms with Crippen LogP contribution in [0.2, 0.25) is 0 Å². The first-order valence-corrected chi connectivity index (χ1v) is 8.45. The van der Waals surface area contributed by atoms with Gasteiger partial charge in [0.15, 0.2) is 15.1 Å². The molecule has 1 atom stereocenters. The average molecular weight is 280 g/mol. The highest BCUT2D eigenvalue weighted by molar-refractivity contribution is 7.93. The van der Waals surface area contributed by atoms with E-state index < -0.39 is 26.5 Å². The van der Waals surface area contributed by atoms with Gasteiger partial charge in [0, 0.05) is 6.16 Å². The summed E-state index contributed by atoms with van der Waals surface area (Å²) in [5.74, 6) is -0.681. The fraction of sp³-hybridized carbons (Fsp3) is 0.818. The van der Waals surface area contributed by atoms with Crippen molar-refractivity contribution in [1.29, 1.82) is 0 Å². The molecule has 0 aromatic rings. The first-order chi connectivity index (χ1) is 7.66. The second-order valence-electron chi connectivity index (χ2n) is 4.81. The average Bonchev–Trinajstić information content (AvgIpc) is 2.12. The van der Waals surface area contributed by atoms with Crippen LogP contribution in [-0.4, -0.2) is 44.5 Å². The molecule has 6 heteroatoms. The van der Waals surface area contributed by atoms with E-state index in [1.165, 1.54) is 0 Å². The maximum absolute atomic E-state index is 12.1. The van der Waals surface area contributed by atoms with Gasteiger partial charge in [-0.25, -0.2) is 8.42 Å². The first-order valence-electron chi connectivity index (χ1n) is 5.47. The number of sulfone groups is 1. The zero-order chi connectivity index (χ0) is 13.7. The Hall–Kier alpha value is -0.410. The van der Waals surface area contributed by atoms with Crippen LogP contribution < -0.4 is 0 Å². The van der Waals surface area contributed by atoms with Gasteiger partial charge in [0.25, 0.3) is 0 Å². The zero-order valence-corrected chi connectivity index (χ0v) is 12.6. The molecular formula is C11H21O4PS. The number of hydrogen-bond acceptors (Lipinski definition) is 4. The molecule has 0 heterocycles. The number of rotatable bonds is 6. The van der Waals surface area contributed by atoms with Crippen molar-refractivity contribution in [3.05, 3.63) is 0 Å². The van der Waals surface area contributed by atoms with Crippen molar-refractivity contribution in [2.75, 3.05) is 18.5 Å². The fourth-order valence-corrected chi connectivity index (χ4v) is 4.78. The molecule has 0 radical (unpaired) electrons. The molecule has 1 unspecified atom stereocenters. The van der Waals surface area contributed by atoms with E-state index in [1.807, 2.05) is 0 Å². The van der Waals surface area contributed by atoms with Crippen molar-refractivity contribution in [3.63, 3.8) is 0 Å². The van der Waals surface area contributed by atoms with E-state index in [0.717, 1.165) is 8.20 Å². The molecule has 0 bridgehead atoms. The summed E-state index contributed by atoms with van der Waals surface area (Å²) < 4.78 is 29.1. The molecule has 0 aromatic heterocycles. The van der Waals surface area contributed by atoms with E-state index in [2.05, 4.69) is 6.30 Å². The molecule has 100 valence electrons. The van der Waals surface area contributed by atoms with Crippen LogP contribution in [0.1, 0.15) is 27.7 Å². The van der Waals surface area contributed by atoms with Gasteiger partial charge in [-0.05, 0) is 12.3 Å². The van der Waals surface area contributed by atoms with Crippen molar-refractivity contribution in [2.24, 2.45) is 5.41 Å². The van der Waals surface area contributed by atoms with Gasteiger partial charge in [0.1, 0.15) is 0 Å². The van der Waals surface area contributed by atoms with Crippen LogP contribution in [0.3, 0.4) is 0 Å². The Kier molecular flexibility index (Phi) is 6.35. The topological polar surface area (TPSA) is 60.4 Å². The minimum atomic E-state index is -3.49. The van der Waals surface area contributed by atoms with Crippen LogP contribution in [-0.2, 0) is 19.4 Å². The Morgan fingerprint density at radius 1 is 1.41 bits per heavy atom. The lowest BCUT2D eigenvalue weighted by molar-refractivity contribution is -0.144. The molecule has 0 N–H and O–H groups in total. The Labute approximate surface area is 105 Å². The summed E-state index contributed by atoms with van der Waals surface area (Å²) in [7, 11) is -2.72. The lowest BCUT2D eigenvalue weighted by Gasteiger charge is -2.28. The Morgan fingerprint density at radius 3 is 2.29 bits per heavy atom. The Morgan fingerprint density at radius 2 is 1.94 bits per heavy atom. The smallest absolute Gasteiger partial charge is 0.324 e. The van der Waals surface area contributed by atoms with Crippen LogP contribution in [0.25, 0.3) is 0 Å². The highest BCUT2D eigenvalue weighted by Crippen LogP contribution is 2.27. The Balaban J connectivity index is 5.19. The second kappa shape index (κ2) is 6.50. The van der Waals surface area contributed by atoms with Gasteiger partial charge in [-0.1, -0.05) is 27.1 Å². The van der Waals surface area contributed by atoms with Crippen molar-refractivity contribution in [2.45, 2.75) is 32.9 Å². The van der Waals surface area contributed by atoms with Crippen LogP contribution in [0.4, 0.5) is 0 Å². The van der Waals surface area contributed by atoms with Gasteiger partial charge in [0.05, 0.1) is 12.4 Å². The van der Waals surface area contributed by atoms with E-state index in [9.17, 15) is 13.2 Å². The van der Waals surface area contributed by atoms with Crippen molar-refractivity contribution in [3.8, 4) is 0 Å². The predicted octanol–water partition coefficient (Wildman–Crippen LogP) is 1.76. The molecule has 0 aliphatic rings. The van der Waals surface area contributed by atoms with Gasteiger partial charge in [-0.3, -0.25) is 4.79 Å². The first kappa shape index (κ1) is 16.6. The molecule has 0 aliphatic heterocycles. The van der Waals surface area contributed by atoms with E-state index in [1.54, 1.807) is 27.7 Å². The summed E-state index contributed by atoms with van der Waals surface area (Å²) in [4.78, 5) is 11.8. The van der Waals surface area contributed by atoms with Gasteiger partial charge < -0.3 is 4.74 Å². The van der Waals surface area contributed by atoms with Gasteiger partial charge in [0.2, 0.25) is 0 Å². The summed E-state index contributed by atoms with van der Waals surface area (Å²) in [5.41, 5.74) is -0.664. The molecule has 17 heavy (non-hydrogen) atoms. The number of carbonyl (C=O) groups is 1. The standard InChI is InChI=1S/C11H21O4PS/c1-6-15-10(12)9(11(2,3)4)17(13,14)8-7-16-5/h9H,5-8H2,1-4H3. The molecule has 0 rings (SSSR count). The SMILES string of the molecule is C=PCCS(=O)(=O)C(C(=O)OCC)C(C)(C)C. The number of ether oxygens (including phenoxy) is 1. The largest absolute Gasteiger partial charge is 0.465 e. The molecule has 0 fully saturated rings. The van der Waals surface area contributed by atoms with Crippen molar-refractivity contribution < 1.29 is 17.9 Å². The number of hydrogen-bond donors (Lipinski definition) is 0. The van der Waals surface area contributed by atoms with Crippen molar-refractivity contribution >= 4 is 30.3 Å². The maximum atomic E-state index is 12.1. The maximum Gasteiger partial charge on any atom is 0.324 e. The van der Waals surface area contributed by atoms with Gasteiger partial charge >= 0.3 is 5.97 Å². The summed E-state index contributed by atoms with van der Waals surface area (Å²) in [5, 5.41) is -1.10. The molecule has 0 amide bonds. The monoisotopic (exact) mass is 280 g/mol.